The molecule has 0 aromatic carbocycles. The van der Waals surface area contributed by atoms with Crippen molar-refractivity contribution in [1.82, 2.24) is 9.78 Å². The summed E-state index contributed by atoms with van der Waals surface area (Å²) in [4.78, 5) is 0. The summed E-state index contributed by atoms with van der Waals surface area (Å²) in [5.41, 5.74) is 7.68. The Kier molecular flexibility index (Phi) is 5.31. The molecule has 1 aliphatic carbocycles. The third-order valence-corrected chi connectivity index (χ3v) is 5.09. The molecule has 0 radical (unpaired) electrons. The molecule has 0 saturated heterocycles. The summed E-state index contributed by atoms with van der Waals surface area (Å²) in [7, 11) is 1.70. The van der Waals surface area contributed by atoms with Gasteiger partial charge in [0, 0.05) is 6.04 Å². The smallest absolute Gasteiger partial charge is 0.161 e. The Balaban J connectivity index is 2.13. The van der Waals surface area contributed by atoms with Crippen molar-refractivity contribution in [3.63, 3.8) is 0 Å². The molecule has 1 heterocycles. The van der Waals surface area contributed by atoms with Crippen molar-refractivity contribution in [3.05, 3.63) is 11.9 Å². The van der Waals surface area contributed by atoms with Crippen molar-refractivity contribution in [1.29, 1.82) is 0 Å². The van der Waals surface area contributed by atoms with Crippen molar-refractivity contribution in [2.45, 2.75) is 65.5 Å². The number of rotatable bonds is 5. The third-order valence-electron chi connectivity index (χ3n) is 5.09. The highest BCUT2D eigenvalue weighted by Gasteiger charge is 2.31. The zero-order valence-electron chi connectivity index (χ0n) is 14.2. The summed E-state index contributed by atoms with van der Waals surface area (Å²) in [5.74, 6) is 3.04. The van der Waals surface area contributed by atoms with Crippen LogP contribution in [0.15, 0.2) is 6.20 Å². The SMILES string of the molecule is COc1cnn(C(C)C)c1C(N)C1CCC(C(C)C)CC1. The summed E-state index contributed by atoms with van der Waals surface area (Å²) in [5, 5.41) is 4.46. The maximum atomic E-state index is 6.61. The molecule has 0 spiro atoms. The van der Waals surface area contributed by atoms with Crippen LogP contribution < -0.4 is 10.5 Å². The second-order valence-corrected chi connectivity index (χ2v) is 7.08. The van der Waals surface area contributed by atoms with Gasteiger partial charge in [-0.3, -0.25) is 4.68 Å². The molecule has 1 aromatic heterocycles. The third kappa shape index (κ3) is 3.42. The summed E-state index contributed by atoms with van der Waals surface area (Å²) in [6.07, 6.45) is 6.84. The summed E-state index contributed by atoms with van der Waals surface area (Å²) in [6, 6.07) is 0.333. The normalized spacial score (nSPS) is 24.6. The molecular weight excluding hydrogens is 262 g/mol. The van der Waals surface area contributed by atoms with Crippen LogP contribution >= 0.6 is 0 Å². The van der Waals surface area contributed by atoms with Gasteiger partial charge in [-0.2, -0.15) is 5.10 Å². The van der Waals surface area contributed by atoms with Crippen LogP contribution in [0.4, 0.5) is 0 Å². The van der Waals surface area contributed by atoms with E-state index < -0.39 is 0 Å². The monoisotopic (exact) mass is 293 g/mol. The van der Waals surface area contributed by atoms with Gasteiger partial charge in [0.25, 0.3) is 0 Å². The van der Waals surface area contributed by atoms with Gasteiger partial charge < -0.3 is 10.5 Å². The predicted octanol–water partition coefficient (Wildman–Crippen LogP) is 3.93. The minimum Gasteiger partial charge on any atom is -0.493 e. The van der Waals surface area contributed by atoms with Gasteiger partial charge in [0.1, 0.15) is 0 Å². The molecule has 1 aliphatic rings. The number of nitrogens with two attached hydrogens (primary N) is 1. The molecule has 120 valence electrons. The van der Waals surface area contributed by atoms with Crippen molar-refractivity contribution in [2.24, 2.45) is 23.5 Å². The second kappa shape index (κ2) is 6.82. The Hall–Kier alpha value is -1.03. The summed E-state index contributed by atoms with van der Waals surface area (Å²) >= 11 is 0. The molecule has 1 atom stereocenters. The molecule has 2 rings (SSSR count). The molecule has 2 N–H and O–H groups in total. The van der Waals surface area contributed by atoms with E-state index in [9.17, 15) is 0 Å². The Morgan fingerprint density at radius 2 is 1.71 bits per heavy atom. The first kappa shape index (κ1) is 16.3. The Morgan fingerprint density at radius 3 is 2.19 bits per heavy atom. The van der Waals surface area contributed by atoms with Gasteiger partial charge >= 0.3 is 0 Å². The fraction of sp³-hybridized carbons (Fsp3) is 0.824. The van der Waals surface area contributed by atoms with E-state index in [0.717, 1.165) is 23.3 Å². The minimum absolute atomic E-state index is 0.0259. The molecule has 1 saturated carbocycles. The van der Waals surface area contributed by atoms with E-state index in [1.165, 1.54) is 25.7 Å². The number of hydrogen-bond donors (Lipinski definition) is 1. The van der Waals surface area contributed by atoms with Crippen molar-refractivity contribution < 1.29 is 4.74 Å². The van der Waals surface area contributed by atoms with Gasteiger partial charge in [-0.15, -0.1) is 0 Å². The quantitative estimate of drug-likeness (QED) is 0.894. The van der Waals surface area contributed by atoms with Gasteiger partial charge in [-0.05, 0) is 57.3 Å². The standard InChI is InChI=1S/C17H31N3O/c1-11(2)13-6-8-14(9-7-13)16(18)17-15(21-5)10-19-20(17)12(3)4/h10-14,16H,6-9,18H2,1-5H3. The van der Waals surface area contributed by atoms with Crippen LogP contribution in [-0.4, -0.2) is 16.9 Å². The lowest BCUT2D eigenvalue weighted by molar-refractivity contribution is 0.198. The Labute approximate surface area is 129 Å². The van der Waals surface area contributed by atoms with E-state index in [2.05, 4.69) is 32.8 Å². The van der Waals surface area contributed by atoms with Gasteiger partial charge in [0.2, 0.25) is 0 Å². The van der Waals surface area contributed by atoms with Crippen LogP contribution in [0.5, 0.6) is 5.75 Å². The molecule has 4 nitrogen and oxygen atoms in total. The highest BCUT2D eigenvalue weighted by molar-refractivity contribution is 5.29. The zero-order chi connectivity index (χ0) is 15.6. The van der Waals surface area contributed by atoms with Crippen molar-refractivity contribution in [2.75, 3.05) is 7.11 Å². The molecular formula is C17H31N3O. The summed E-state index contributed by atoms with van der Waals surface area (Å²) in [6.45, 7) is 8.94. The van der Waals surface area contributed by atoms with Crippen LogP contribution in [0, 0.1) is 17.8 Å². The van der Waals surface area contributed by atoms with Crippen LogP contribution in [0.3, 0.4) is 0 Å². The molecule has 21 heavy (non-hydrogen) atoms. The van der Waals surface area contributed by atoms with Gasteiger partial charge in [-0.1, -0.05) is 13.8 Å². The highest BCUT2D eigenvalue weighted by Crippen LogP contribution is 2.40. The number of hydrogen-bond acceptors (Lipinski definition) is 3. The van der Waals surface area contributed by atoms with Crippen LogP contribution in [0.2, 0.25) is 0 Å². The lowest BCUT2D eigenvalue weighted by atomic mass is 9.74. The van der Waals surface area contributed by atoms with E-state index >= 15 is 0 Å². The van der Waals surface area contributed by atoms with E-state index in [-0.39, 0.29) is 6.04 Å². The lowest BCUT2D eigenvalue weighted by Gasteiger charge is -2.34. The summed E-state index contributed by atoms with van der Waals surface area (Å²) < 4.78 is 7.51. The molecule has 1 unspecified atom stereocenters. The average Bonchev–Trinajstić information content (AvgIpc) is 2.90. The zero-order valence-corrected chi connectivity index (χ0v) is 14.2. The largest absolute Gasteiger partial charge is 0.493 e. The van der Waals surface area contributed by atoms with Crippen LogP contribution in [0.25, 0.3) is 0 Å². The van der Waals surface area contributed by atoms with Crippen LogP contribution in [0.1, 0.15) is 71.2 Å². The van der Waals surface area contributed by atoms with Gasteiger partial charge in [-0.25, -0.2) is 0 Å². The molecule has 0 bridgehead atoms. The van der Waals surface area contributed by atoms with Crippen LogP contribution in [-0.2, 0) is 0 Å². The van der Waals surface area contributed by atoms with Crippen molar-refractivity contribution >= 4 is 0 Å². The van der Waals surface area contributed by atoms with E-state index in [1.54, 1.807) is 13.3 Å². The molecule has 4 heteroatoms. The number of methoxy groups -OCH3 is 1. The topological polar surface area (TPSA) is 53.1 Å². The second-order valence-electron chi connectivity index (χ2n) is 7.08. The highest BCUT2D eigenvalue weighted by atomic mass is 16.5. The number of aromatic nitrogens is 2. The Bertz CT molecular complexity index is 445. The van der Waals surface area contributed by atoms with Gasteiger partial charge in [0.15, 0.2) is 5.75 Å². The average molecular weight is 293 g/mol. The van der Waals surface area contributed by atoms with E-state index in [1.807, 2.05) is 4.68 Å². The Morgan fingerprint density at radius 1 is 1.14 bits per heavy atom. The first-order chi connectivity index (χ1) is 9.95. The molecule has 1 fully saturated rings. The predicted molar refractivity (Wildman–Crippen MR) is 86.4 cm³/mol. The first-order valence-electron chi connectivity index (χ1n) is 8.32. The molecule has 1 aromatic rings. The maximum absolute atomic E-state index is 6.61. The maximum Gasteiger partial charge on any atom is 0.161 e. The first-order valence-corrected chi connectivity index (χ1v) is 8.32. The van der Waals surface area contributed by atoms with E-state index in [4.69, 9.17) is 10.5 Å². The van der Waals surface area contributed by atoms with E-state index in [0.29, 0.717) is 12.0 Å². The fourth-order valence-electron chi connectivity index (χ4n) is 3.64. The van der Waals surface area contributed by atoms with Gasteiger partial charge in [0.05, 0.1) is 25.0 Å². The molecule has 0 aliphatic heterocycles. The fourth-order valence-corrected chi connectivity index (χ4v) is 3.64. The number of nitrogens with zero attached hydrogens (tertiary/aromatic N) is 2. The van der Waals surface area contributed by atoms with Crippen molar-refractivity contribution in [3.8, 4) is 5.75 Å². The number of ether oxygens (including phenoxy) is 1. The minimum atomic E-state index is 0.0259. The lowest BCUT2D eigenvalue weighted by Crippen LogP contribution is -2.30. The molecule has 0 amide bonds.